The molecular weight excluding hydrogens is 294 g/mol. The molecule has 1 aromatic rings. The summed E-state index contributed by atoms with van der Waals surface area (Å²) in [5.41, 5.74) is 0. The van der Waals surface area contributed by atoms with Gasteiger partial charge in [-0.1, -0.05) is 0 Å². The summed E-state index contributed by atoms with van der Waals surface area (Å²) in [6, 6.07) is 2.47. The van der Waals surface area contributed by atoms with Crippen LogP contribution in [0.15, 0.2) is 10.6 Å². The second kappa shape index (κ2) is 8.09. The van der Waals surface area contributed by atoms with E-state index in [-0.39, 0.29) is 5.91 Å². The maximum absolute atomic E-state index is 12.1. The molecule has 0 radical (unpaired) electrons. The van der Waals surface area contributed by atoms with Crippen LogP contribution in [-0.4, -0.2) is 71.9 Å². The van der Waals surface area contributed by atoms with E-state index in [9.17, 15) is 4.79 Å². The molecule has 1 aromatic heterocycles. The van der Waals surface area contributed by atoms with Gasteiger partial charge in [0.25, 0.3) is 0 Å². The molecule has 126 valence electrons. The maximum Gasteiger partial charge on any atom is 0.236 e. The molecule has 0 bridgehead atoms. The Kier molecular flexibility index (Phi) is 6.13. The van der Waals surface area contributed by atoms with E-state index in [2.05, 4.69) is 27.9 Å². The summed E-state index contributed by atoms with van der Waals surface area (Å²) < 4.78 is 5.52. The Bertz CT molecular complexity index is 565. The van der Waals surface area contributed by atoms with Crippen LogP contribution < -0.4 is 0 Å². The first-order valence-electron chi connectivity index (χ1n) is 7.94. The van der Waals surface area contributed by atoms with Crippen LogP contribution >= 0.6 is 0 Å². The minimum Gasteiger partial charge on any atom is -0.445 e. The van der Waals surface area contributed by atoms with Crippen molar-refractivity contribution < 1.29 is 9.21 Å². The summed E-state index contributed by atoms with van der Waals surface area (Å²) >= 11 is 0. The van der Waals surface area contributed by atoms with Crippen LogP contribution in [0.25, 0.3) is 0 Å². The van der Waals surface area contributed by atoms with Gasteiger partial charge in [0.05, 0.1) is 31.8 Å². The zero-order valence-electron chi connectivity index (χ0n) is 14.2. The van der Waals surface area contributed by atoms with Crippen molar-refractivity contribution in [1.82, 2.24) is 19.7 Å². The Hall–Kier alpha value is -1.91. The lowest BCUT2D eigenvalue weighted by molar-refractivity contribution is -0.130. The van der Waals surface area contributed by atoms with Gasteiger partial charge in [0, 0.05) is 32.7 Å². The van der Waals surface area contributed by atoms with E-state index in [0.29, 0.717) is 32.1 Å². The van der Waals surface area contributed by atoms with Gasteiger partial charge in [0.15, 0.2) is 0 Å². The van der Waals surface area contributed by atoms with Crippen LogP contribution in [0.2, 0.25) is 0 Å². The van der Waals surface area contributed by atoms with E-state index < -0.39 is 0 Å². The molecule has 7 nitrogen and oxygen atoms in total. The highest BCUT2D eigenvalue weighted by Crippen LogP contribution is 2.16. The summed E-state index contributed by atoms with van der Waals surface area (Å²) in [5.74, 6) is 1.63. The van der Waals surface area contributed by atoms with Crippen molar-refractivity contribution in [3.8, 4) is 6.07 Å². The first-order chi connectivity index (χ1) is 11.0. The largest absolute Gasteiger partial charge is 0.445 e. The Labute approximate surface area is 137 Å². The van der Waals surface area contributed by atoms with Crippen molar-refractivity contribution in [2.24, 2.45) is 0 Å². The molecular formula is C16H25N5O2. The molecule has 0 aromatic carbocycles. The fraction of sp³-hybridized carbons (Fsp3) is 0.688. The van der Waals surface area contributed by atoms with Crippen LogP contribution in [0.1, 0.15) is 24.5 Å². The Morgan fingerprint density at radius 1 is 1.57 bits per heavy atom. The number of amides is 1. The van der Waals surface area contributed by atoms with Gasteiger partial charge in [-0.25, -0.2) is 4.98 Å². The number of aryl methyl sites for hydroxylation is 1. The normalized spacial score (nSPS) is 18.3. The quantitative estimate of drug-likeness (QED) is 0.742. The van der Waals surface area contributed by atoms with Crippen LogP contribution in [-0.2, 0) is 11.3 Å². The van der Waals surface area contributed by atoms with Gasteiger partial charge in [-0.15, -0.1) is 0 Å². The van der Waals surface area contributed by atoms with Crippen molar-refractivity contribution in [3.63, 3.8) is 0 Å². The van der Waals surface area contributed by atoms with Crippen LogP contribution in [0, 0.1) is 18.3 Å². The van der Waals surface area contributed by atoms with Crippen molar-refractivity contribution in [2.75, 3.05) is 40.3 Å². The molecule has 1 saturated heterocycles. The molecule has 1 amide bonds. The molecule has 2 heterocycles. The Morgan fingerprint density at radius 3 is 3.00 bits per heavy atom. The second-order valence-corrected chi connectivity index (χ2v) is 6.18. The standard InChI is InChI=1S/C16H25N5O2/c1-13-9-18-15(23-13)11-20(3)14-5-8-21(10-14)12-16(22)19(2)7-4-6-17/h9,14H,4-5,7-8,10-12H2,1-3H3/t14-/m0/s1. The van der Waals surface area contributed by atoms with Crippen molar-refractivity contribution in [2.45, 2.75) is 32.4 Å². The molecule has 0 unspecified atom stereocenters. The maximum atomic E-state index is 12.1. The fourth-order valence-corrected chi connectivity index (χ4v) is 2.79. The number of nitrogens with zero attached hydrogens (tertiary/aromatic N) is 5. The van der Waals surface area contributed by atoms with Gasteiger partial charge in [0.2, 0.25) is 11.8 Å². The molecule has 7 heteroatoms. The number of hydrogen-bond acceptors (Lipinski definition) is 6. The van der Waals surface area contributed by atoms with Gasteiger partial charge < -0.3 is 9.32 Å². The third-order valence-corrected chi connectivity index (χ3v) is 4.27. The number of carbonyl (C=O) groups is 1. The lowest BCUT2D eigenvalue weighted by Gasteiger charge is -2.24. The smallest absolute Gasteiger partial charge is 0.236 e. The van der Waals surface area contributed by atoms with E-state index in [1.807, 2.05) is 6.92 Å². The zero-order chi connectivity index (χ0) is 16.8. The van der Waals surface area contributed by atoms with Crippen LogP contribution in [0.4, 0.5) is 0 Å². The number of carbonyl (C=O) groups excluding carboxylic acids is 1. The van der Waals surface area contributed by atoms with E-state index in [0.717, 1.165) is 31.2 Å². The molecule has 0 saturated carbocycles. The predicted octanol–water partition coefficient (Wildman–Crippen LogP) is 0.861. The van der Waals surface area contributed by atoms with Gasteiger partial charge in [0.1, 0.15) is 5.76 Å². The average molecular weight is 319 g/mol. The highest BCUT2D eigenvalue weighted by atomic mass is 16.4. The van der Waals surface area contributed by atoms with Gasteiger partial charge in [-0.2, -0.15) is 5.26 Å². The lowest BCUT2D eigenvalue weighted by atomic mass is 10.2. The minimum absolute atomic E-state index is 0.0758. The van der Waals surface area contributed by atoms with E-state index >= 15 is 0 Å². The molecule has 0 aliphatic carbocycles. The first kappa shape index (κ1) is 17.4. The number of aromatic nitrogens is 1. The Morgan fingerprint density at radius 2 is 2.35 bits per heavy atom. The van der Waals surface area contributed by atoms with Gasteiger partial charge >= 0.3 is 0 Å². The number of likely N-dealkylation sites (N-methyl/N-ethyl adjacent to an activating group) is 2. The molecule has 2 rings (SSSR count). The Balaban J connectivity index is 1.77. The number of oxazole rings is 1. The summed E-state index contributed by atoms with van der Waals surface area (Å²) in [6.07, 6.45) is 3.15. The molecule has 1 aliphatic heterocycles. The van der Waals surface area contributed by atoms with E-state index in [4.69, 9.17) is 9.68 Å². The first-order valence-corrected chi connectivity index (χ1v) is 7.94. The van der Waals surface area contributed by atoms with Gasteiger partial charge in [-0.05, 0) is 20.4 Å². The second-order valence-electron chi connectivity index (χ2n) is 6.18. The molecule has 0 N–H and O–H groups in total. The molecule has 0 spiro atoms. The van der Waals surface area contributed by atoms with E-state index in [1.54, 1.807) is 18.1 Å². The molecule has 23 heavy (non-hydrogen) atoms. The predicted molar refractivity (Wildman–Crippen MR) is 85.4 cm³/mol. The number of likely N-dealkylation sites (tertiary alicyclic amines) is 1. The van der Waals surface area contributed by atoms with Gasteiger partial charge in [-0.3, -0.25) is 14.6 Å². The minimum atomic E-state index is 0.0758. The molecule has 1 atom stereocenters. The highest BCUT2D eigenvalue weighted by molar-refractivity contribution is 5.78. The van der Waals surface area contributed by atoms with Crippen molar-refractivity contribution in [1.29, 1.82) is 5.26 Å². The summed E-state index contributed by atoms with van der Waals surface area (Å²) in [7, 11) is 3.82. The zero-order valence-corrected chi connectivity index (χ0v) is 14.2. The van der Waals surface area contributed by atoms with Crippen molar-refractivity contribution in [3.05, 3.63) is 17.8 Å². The van der Waals surface area contributed by atoms with Crippen LogP contribution in [0.3, 0.4) is 0 Å². The highest BCUT2D eigenvalue weighted by Gasteiger charge is 2.28. The topological polar surface area (TPSA) is 76.6 Å². The summed E-state index contributed by atoms with van der Waals surface area (Å²) in [6.45, 7) is 5.27. The third-order valence-electron chi connectivity index (χ3n) is 4.27. The molecule has 1 aliphatic rings. The molecule has 1 fully saturated rings. The number of rotatable bonds is 7. The van der Waals surface area contributed by atoms with E-state index in [1.165, 1.54) is 0 Å². The number of nitriles is 1. The SMILES string of the molecule is Cc1cnc(CN(C)[C@H]2CCN(CC(=O)N(C)CCC#N)C2)o1. The lowest BCUT2D eigenvalue weighted by Crippen LogP contribution is -2.40. The third kappa shape index (κ3) is 5.05. The number of hydrogen-bond donors (Lipinski definition) is 0. The fourth-order valence-electron chi connectivity index (χ4n) is 2.79. The van der Waals surface area contributed by atoms with Crippen LogP contribution in [0.5, 0.6) is 0 Å². The average Bonchev–Trinajstić information content (AvgIpc) is 3.14. The van der Waals surface area contributed by atoms with Crippen molar-refractivity contribution >= 4 is 5.91 Å². The summed E-state index contributed by atoms with van der Waals surface area (Å²) in [5, 5.41) is 8.58. The summed E-state index contributed by atoms with van der Waals surface area (Å²) in [4.78, 5) is 22.4. The monoisotopic (exact) mass is 319 g/mol.